The number of aromatic nitrogens is 2. The first kappa shape index (κ1) is 16.3. The summed E-state index contributed by atoms with van der Waals surface area (Å²) in [4.78, 5) is 23.3. The first-order valence-corrected chi connectivity index (χ1v) is 9.16. The van der Waals surface area contributed by atoms with E-state index in [2.05, 4.69) is 20.2 Å². The van der Waals surface area contributed by atoms with Crippen LogP contribution in [0.5, 0.6) is 0 Å². The van der Waals surface area contributed by atoms with Crippen LogP contribution >= 0.6 is 11.6 Å². The summed E-state index contributed by atoms with van der Waals surface area (Å²) >= 11 is 5.93. The highest BCUT2D eigenvalue weighted by molar-refractivity contribution is 6.30. The molecular formula is C19H21ClN4O. The van der Waals surface area contributed by atoms with Crippen LogP contribution in [0.25, 0.3) is 0 Å². The highest BCUT2D eigenvalue weighted by Gasteiger charge is 2.44. The van der Waals surface area contributed by atoms with Crippen molar-refractivity contribution in [2.75, 3.05) is 18.0 Å². The number of carbonyl (C=O) groups is 1. The smallest absolute Gasteiger partial charge is 0.225 e. The minimum atomic E-state index is 0.108. The van der Waals surface area contributed by atoms with Crippen LogP contribution < -0.4 is 10.2 Å². The molecule has 1 amide bonds. The standard InChI is InChI=1S/C19H21ClN4O/c20-14-4-2-13(3-5-14)16-12-17(16)18(25)23-15-6-10-24(11-7-15)19-21-8-1-9-22-19/h1-5,8-9,15-17H,6-7,10-12H2,(H,23,25)/t16-,17+/m0/s1. The molecule has 2 heterocycles. The van der Waals surface area contributed by atoms with Gasteiger partial charge in [0.1, 0.15) is 0 Å². The average molecular weight is 357 g/mol. The van der Waals surface area contributed by atoms with Crippen LogP contribution in [0, 0.1) is 5.92 Å². The van der Waals surface area contributed by atoms with E-state index in [1.165, 1.54) is 5.56 Å². The van der Waals surface area contributed by atoms with Crippen LogP contribution in [0.2, 0.25) is 5.02 Å². The quantitative estimate of drug-likeness (QED) is 0.914. The summed E-state index contributed by atoms with van der Waals surface area (Å²) in [5.41, 5.74) is 1.21. The molecule has 1 aromatic heterocycles. The van der Waals surface area contributed by atoms with Gasteiger partial charge in [0, 0.05) is 42.5 Å². The number of rotatable bonds is 4. The summed E-state index contributed by atoms with van der Waals surface area (Å²) < 4.78 is 0. The van der Waals surface area contributed by atoms with E-state index in [4.69, 9.17) is 11.6 Å². The van der Waals surface area contributed by atoms with Gasteiger partial charge >= 0.3 is 0 Å². The molecule has 2 fully saturated rings. The molecule has 4 rings (SSSR count). The normalized spacial score (nSPS) is 23.3. The Balaban J connectivity index is 1.26. The summed E-state index contributed by atoms with van der Waals surface area (Å²) in [6.07, 6.45) is 6.33. The lowest BCUT2D eigenvalue weighted by atomic mass is 10.0. The Morgan fingerprint density at radius 2 is 1.80 bits per heavy atom. The van der Waals surface area contributed by atoms with Crippen molar-refractivity contribution in [3.05, 3.63) is 53.3 Å². The monoisotopic (exact) mass is 356 g/mol. The third-order valence-electron chi connectivity index (χ3n) is 5.10. The zero-order valence-corrected chi connectivity index (χ0v) is 14.7. The first-order valence-electron chi connectivity index (χ1n) is 8.78. The topological polar surface area (TPSA) is 58.1 Å². The third-order valence-corrected chi connectivity index (χ3v) is 5.35. The molecule has 1 N–H and O–H groups in total. The van der Waals surface area contributed by atoms with Crippen LogP contribution in [0.4, 0.5) is 5.95 Å². The molecular weight excluding hydrogens is 336 g/mol. The fraction of sp³-hybridized carbons (Fsp3) is 0.421. The van der Waals surface area contributed by atoms with E-state index in [1.54, 1.807) is 12.4 Å². The van der Waals surface area contributed by atoms with Gasteiger partial charge in [-0.2, -0.15) is 0 Å². The predicted octanol–water partition coefficient (Wildman–Crippen LogP) is 3.02. The minimum absolute atomic E-state index is 0.108. The van der Waals surface area contributed by atoms with E-state index >= 15 is 0 Å². The van der Waals surface area contributed by atoms with Crippen molar-refractivity contribution >= 4 is 23.5 Å². The Labute approximate surface area is 152 Å². The Kier molecular flexibility index (Phi) is 4.57. The molecule has 2 atom stereocenters. The average Bonchev–Trinajstić information content (AvgIpc) is 3.45. The van der Waals surface area contributed by atoms with Gasteiger partial charge < -0.3 is 10.2 Å². The van der Waals surface area contributed by atoms with Crippen LogP contribution in [-0.2, 0) is 4.79 Å². The second-order valence-corrected chi connectivity index (χ2v) is 7.26. The maximum Gasteiger partial charge on any atom is 0.225 e. The van der Waals surface area contributed by atoms with Crippen molar-refractivity contribution in [3.63, 3.8) is 0 Å². The second kappa shape index (κ2) is 7.00. The molecule has 1 saturated heterocycles. The Morgan fingerprint density at radius 3 is 2.48 bits per heavy atom. The van der Waals surface area contributed by atoms with Crippen molar-refractivity contribution < 1.29 is 4.79 Å². The molecule has 5 nitrogen and oxygen atoms in total. The number of hydrogen-bond donors (Lipinski definition) is 1. The molecule has 0 bridgehead atoms. The van der Waals surface area contributed by atoms with Gasteiger partial charge in [0.25, 0.3) is 0 Å². The molecule has 6 heteroatoms. The zero-order chi connectivity index (χ0) is 17.2. The summed E-state index contributed by atoms with van der Waals surface area (Å²) in [6.45, 7) is 1.75. The molecule has 1 saturated carbocycles. The van der Waals surface area contributed by atoms with E-state index in [0.29, 0.717) is 5.92 Å². The number of nitrogens with one attached hydrogen (secondary N) is 1. The number of nitrogens with zero attached hydrogens (tertiary/aromatic N) is 3. The van der Waals surface area contributed by atoms with Gasteiger partial charge in [-0.1, -0.05) is 23.7 Å². The largest absolute Gasteiger partial charge is 0.353 e. The fourth-order valence-electron chi connectivity index (χ4n) is 3.55. The van der Waals surface area contributed by atoms with Crippen molar-refractivity contribution in [2.45, 2.75) is 31.2 Å². The lowest BCUT2D eigenvalue weighted by Crippen LogP contribution is -2.45. The van der Waals surface area contributed by atoms with Crippen molar-refractivity contribution in [3.8, 4) is 0 Å². The molecule has 2 aliphatic rings. The lowest BCUT2D eigenvalue weighted by Gasteiger charge is -2.32. The summed E-state index contributed by atoms with van der Waals surface area (Å²) in [5.74, 6) is 1.42. The molecule has 1 aromatic carbocycles. The number of hydrogen-bond acceptors (Lipinski definition) is 4. The van der Waals surface area contributed by atoms with Crippen LogP contribution in [-0.4, -0.2) is 35.0 Å². The predicted molar refractivity (Wildman–Crippen MR) is 97.7 cm³/mol. The zero-order valence-electron chi connectivity index (χ0n) is 13.9. The van der Waals surface area contributed by atoms with E-state index in [9.17, 15) is 4.79 Å². The Morgan fingerprint density at radius 1 is 1.12 bits per heavy atom. The van der Waals surface area contributed by atoms with Crippen LogP contribution in [0.1, 0.15) is 30.7 Å². The molecule has 0 unspecified atom stereocenters. The van der Waals surface area contributed by atoms with Gasteiger partial charge in [0.15, 0.2) is 0 Å². The minimum Gasteiger partial charge on any atom is -0.353 e. The summed E-state index contributed by atoms with van der Waals surface area (Å²) in [7, 11) is 0. The number of benzene rings is 1. The molecule has 0 radical (unpaired) electrons. The molecule has 1 aliphatic heterocycles. The van der Waals surface area contributed by atoms with Gasteiger partial charge in [-0.15, -0.1) is 0 Å². The molecule has 130 valence electrons. The second-order valence-electron chi connectivity index (χ2n) is 6.82. The highest BCUT2D eigenvalue weighted by Crippen LogP contribution is 2.47. The van der Waals surface area contributed by atoms with Crippen molar-refractivity contribution in [2.24, 2.45) is 5.92 Å². The number of anilines is 1. The first-order chi connectivity index (χ1) is 12.2. The number of halogens is 1. The lowest BCUT2D eigenvalue weighted by molar-refractivity contribution is -0.123. The van der Waals surface area contributed by atoms with E-state index < -0.39 is 0 Å². The van der Waals surface area contributed by atoms with Gasteiger partial charge in [0.05, 0.1) is 0 Å². The summed E-state index contributed by atoms with van der Waals surface area (Å²) in [6, 6.07) is 9.91. The molecule has 0 spiro atoms. The number of carbonyl (C=O) groups excluding carboxylic acids is 1. The van der Waals surface area contributed by atoms with Gasteiger partial charge in [-0.05, 0) is 48.9 Å². The van der Waals surface area contributed by atoms with Crippen molar-refractivity contribution in [1.82, 2.24) is 15.3 Å². The van der Waals surface area contributed by atoms with Crippen LogP contribution in [0.3, 0.4) is 0 Å². The highest BCUT2D eigenvalue weighted by atomic mass is 35.5. The van der Waals surface area contributed by atoms with Gasteiger partial charge in [0.2, 0.25) is 11.9 Å². The maximum atomic E-state index is 12.5. The van der Waals surface area contributed by atoms with E-state index in [1.807, 2.05) is 30.3 Å². The van der Waals surface area contributed by atoms with E-state index in [0.717, 1.165) is 43.3 Å². The maximum absolute atomic E-state index is 12.5. The molecule has 25 heavy (non-hydrogen) atoms. The number of amides is 1. The van der Waals surface area contributed by atoms with Crippen LogP contribution in [0.15, 0.2) is 42.7 Å². The molecule has 2 aromatic rings. The Hall–Kier alpha value is -2.14. The Bertz CT molecular complexity index is 729. The van der Waals surface area contributed by atoms with Gasteiger partial charge in [-0.3, -0.25) is 4.79 Å². The number of piperidine rings is 1. The molecule has 1 aliphatic carbocycles. The SMILES string of the molecule is O=C(NC1CCN(c2ncccn2)CC1)[C@@H]1C[C@H]1c1ccc(Cl)cc1. The fourth-order valence-corrected chi connectivity index (χ4v) is 3.68. The third kappa shape index (κ3) is 3.76. The van der Waals surface area contributed by atoms with E-state index in [-0.39, 0.29) is 17.9 Å². The van der Waals surface area contributed by atoms with Crippen molar-refractivity contribution in [1.29, 1.82) is 0 Å². The summed E-state index contributed by atoms with van der Waals surface area (Å²) in [5, 5.41) is 3.97. The van der Waals surface area contributed by atoms with Gasteiger partial charge in [-0.25, -0.2) is 9.97 Å².